The molecular formula is C33H60O4Si2. The van der Waals surface area contributed by atoms with Crippen LogP contribution in [-0.2, 0) is 13.6 Å². The first kappa shape index (κ1) is 34.3. The third kappa shape index (κ3) is 10.5. The molecule has 0 aromatic heterocycles. The Morgan fingerprint density at radius 1 is 1.10 bits per heavy atom. The highest BCUT2D eigenvalue weighted by molar-refractivity contribution is 6.74. The van der Waals surface area contributed by atoms with Crippen molar-refractivity contribution in [1.82, 2.24) is 0 Å². The van der Waals surface area contributed by atoms with Crippen LogP contribution in [0.4, 0.5) is 0 Å². The SMILES string of the molecule is CC[Si](CC)(CC)O[C@H]1CC=C(CC[C@H](O[Si](C)(C)C(C)(C)C)C2CCCCC2)[C@H]1CCC=C=CCC(=O)O. The van der Waals surface area contributed by atoms with E-state index < -0.39 is 22.6 Å². The Labute approximate surface area is 243 Å². The van der Waals surface area contributed by atoms with Gasteiger partial charge in [-0.2, -0.15) is 0 Å². The fourth-order valence-corrected chi connectivity index (χ4v) is 10.6. The number of carbonyl (C=O) groups is 1. The molecule has 1 N–H and O–H groups in total. The van der Waals surface area contributed by atoms with E-state index in [4.69, 9.17) is 14.0 Å². The lowest BCUT2D eigenvalue weighted by Gasteiger charge is -2.42. The summed E-state index contributed by atoms with van der Waals surface area (Å²) < 4.78 is 14.3. The summed E-state index contributed by atoms with van der Waals surface area (Å²) in [6.07, 6.45) is 18.8. The topological polar surface area (TPSA) is 55.8 Å². The Bertz CT molecular complexity index is 832. The summed E-state index contributed by atoms with van der Waals surface area (Å²) in [5, 5.41) is 9.12. The van der Waals surface area contributed by atoms with Gasteiger partial charge in [-0.1, -0.05) is 72.5 Å². The number of carboxylic acids is 1. The Balaban J connectivity index is 2.18. The Hall–Kier alpha value is -0.916. The Morgan fingerprint density at radius 2 is 1.74 bits per heavy atom. The zero-order valence-electron chi connectivity index (χ0n) is 26.6. The first-order valence-electron chi connectivity index (χ1n) is 16.0. The lowest BCUT2D eigenvalue weighted by molar-refractivity contribution is -0.136. The van der Waals surface area contributed by atoms with Gasteiger partial charge in [-0.3, -0.25) is 4.79 Å². The van der Waals surface area contributed by atoms with Crippen LogP contribution >= 0.6 is 0 Å². The van der Waals surface area contributed by atoms with Crippen LogP contribution in [-0.4, -0.2) is 39.9 Å². The van der Waals surface area contributed by atoms with E-state index in [1.165, 1.54) is 50.2 Å². The molecule has 2 rings (SSSR count). The molecule has 0 aliphatic heterocycles. The summed E-state index contributed by atoms with van der Waals surface area (Å²) >= 11 is 0. The summed E-state index contributed by atoms with van der Waals surface area (Å²) in [7, 11) is -3.55. The fourth-order valence-electron chi connectivity index (χ4n) is 6.27. The van der Waals surface area contributed by atoms with Crippen LogP contribution in [0.1, 0.15) is 112 Å². The summed E-state index contributed by atoms with van der Waals surface area (Å²) in [4.78, 5) is 10.8. The van der Waals surface area contributed by atoms with E-state index >= 15 is 0 Å². The minimum absolute atomic E-state index is 0.0330. The molecule has 2 aliphatic rings. The van der Waals surface area contributed by atoms with E-state index in [1.54, 1.807) is 11.6 Å². The van der Waals surface area contributed by atoms with Gasteiger partial charge in [0, 0.05) is 12.0 Å². The van der Waals surface area contributed by atoms with Gasteiger partial charge in [0.25, 0.3) is 0 Å². The Kier molecular flexibility index (Phi) is 14.0. The summed E-state index contributed by atoms with van der Waals surface area (Å²) in [5.41, 5.74) is 4.66. The number of hydrogen-bond donors (Lipinski definition) is 1. The molecule has 4 nitrogen and oxygen atoms in total. The second-order valence-electron chi connectivity index (χ2n) is 13.6. The highest BCUT2D eigenvalue weighted by Gasteiger charge is 2.42. The molecule has 0 heterocycles. The highest BCUT2D eigenvalue weighted by atomic mass is 28.4. The summed E-state index contributed by atoms with van der Waals surface area (Å²) in [6, 6.07) is 3.54. The molecule has 2 aliphatic carbocycles. The predicted molar refractivity (Wildman–Crippen MR) is 170 cm³/mol. The van der Waals surface area contributed by atoms with Crippen LogP contribution in [0, 0.1) is 11.8 Å². The van der Waals surface area contributed by atoms with Gasteiger partial charge >= 0.3 is 5.97 Å². The molecule has 0 spiro atoms. The second kappa shape index (κ2) is 15.9. The highest BCUT2D eigenvalue weighted by Crippen LogP contribution is 2.43. The molecular weight excluding hydrogens is 517 g/mol. The molecule has 0 aromatic carbocycles. The van der Waals surface area contributed by atoms with E-state index in [0.717, 1.165) is 32.1 Å². The van der Waals surface area contributed by atoms with E-state index in [0.29, 0.717) is 17.9 Å². The lowest BCUT2D eigenvalue weighted by Crippen LogP contribution is -2.46. The monoisotopic (exact) mass is 576 g/mol. The number of carboxylic acid groups (broad SMARTS) is 1. The maximum Gasteiger partial charge on any atom is 0.307 e. The minimum atomic E-state index is -1.84. The quantitative estimate of drug-likeness (QED) is 0.113. The largest absolute Gasteiger partial charge is 0.481 e. The average molecular weight is 577 g/mol. The molecule has 0 bridgehead atoms. The lowest BCUT2D eigenvalue weighted by atomic mass is 9.82. The van der Waals surface area contributed by atoms with Crippen LogP contribution in [0.25, 0.3) is 0 Å². The molecule has 0 saturated heterocycles. The van der Waals surface area contributed by atoms with Crippen LogP contribution in [0.15, 0.2) is 29.5 Å². The third-order valence-corrected chi connectivity index (χ3v) is 19.3. The molecule has 0 amide bonds. The first-order chi connectivity index (χ1) is 18.4. The van der Waals surface area contributed by atoms with Crippen molar-refractivity contribution in [3.63, 3.8) is 0 Å². The zero-order valence-corrected chi connectivity index (χ0v) is 28.6. The minimum Gasteiger partial charge on any atom is -0.481 e. The van der Waals surface area contributed by atoms with Gasteiger partial charge in [0.2, 0.25) is 0 Å². The van der Waals surface area contributed by atoms with Crippen molar-refractivity contribution in [2.24, 2.45) is 11.8 Å². The molecule has 224 valence electrons. The van der Waals surface area contributed by atoms with Crippen molar-refractivity contribution in [2.75, 3.05) is 0 Å². The maximum atomic E-state index is 10.8. The Morgan fingerprint density at radius 3 is 2.31 bits per heavy atom. The van der Waals surface area contributed by atoms with Crippen molar-refractivity contribution >= 4 is 22.6 Å². The van der Waals surface area contributed by atoms with Crippen molar-refractivity contribution in [3.05, 3.63) is 29.5 Å². The second-order valence-corrected chi connectivity index (χ2v) is 23.1. The summed E-state index contributed by atoms with van der Waals surface area (Å²) in [6.45, 7) is 18.9. The van der Waals surface area contributed by atoms with Gasteiger partial charge in [0.05, 0.1) is 12.5 Å². The van der Waals surface area contributed by atoms with Gasteiger partial charge in [0.1, 0.15) is 0 Å². The average Bonchev–Trinajstić information content (AvgIpc) is 3.27. The molecule has 1 saturated carbocycles. The predicted octanol–water partition coefficient (Wildman–Crippen LogP) is 10.0. The molecule has 1 fully saturated rings. The molecule has 6 heteroatoms. The number of aliphatic carboxylic acids is 1. The normalized spacial score (nSPS) is 21.8. The van der Waals surface area contributed by atoms with Crippen LogP contribution < -0.4 is 0 Å². The van der Waals surface area contributed by atoms with Crippen molar-refractivity contribution in [1.29, 1.82) is 0 Å². The molecule has 0 unspecified atom stereocenters. The maximum absolute atomic E-state index is 10.8. The smallest absolute Gasteiger partial charge is 0.307 e. The summed E-state index contributed by atoms with van der Waals surface area (Å²) in [5.74, 6) is 0.333. The molecule has 0 radical (unpaired) electrons. The van der Waals surface area contributed by atoms with E-state index in [1.807, 2.05) is 6.08 Å². The number of hydrogen-bond acceptors (Lipinski definition) is 3. The van der Waals surface area contributed by atoms with Crippen molar-refractivity contribution < 1.29 is 18.8 Å². The molecule has 0 aromatic rings. The van der Waals surface area contributed by atoms with E-state index in [2.05, 4.69) is 66.4 Å². The van der Waals surface area contributed by atoms with Crippen LogP contribution in [0.3, 0.4) is 0 Å². The third-order valence-electron chi connectivity index (χ3n) is 10.2. The van der Waals surface area contributed by atoms with Gasteiger partial charge < -0.3 is 14.0 Å². The number of rotatable bonds is 16. The van der Waals surface area contributed by atoms with E-state index in [9.17, 15) is 4.79 Å². The van der Waals surface area contributed by atoms with Gasteiger partial charge in [-0.25, -0.2) is 0 Å². The molecule has 39 heavy (non-hydrogen) atoms. The fraction of sp³-hybridized carbons (Fsp3) is 0.818. The van der Waals surface area contributed by atoms with E-state index in [-0.39, 0.29) is 17.6 Å². The van der Waals surface area contributed by atoms with Crippen LogP contribution in [0.2, 0.25) is 36.3 Å². The van der Waals surface area contributed by atoms with Gasteiger partial charge in [0.15, 0.2) is 16.6 Å². The first-order valence-corrected chi connectivity index (χ1v) is 21.5. The van der Waals surface area contributed by atoms with Crippen molar-refractivity contribution in [3.8, 4) is 0 Å². The zero-order chi connectivity index (χ0) is 29.1. The van der Waals surface area contributed by atoms with Crippen molar-refractivity contribution in [2.45, 2.75) is 161 Å². The van der Waals surface area contributed by atoms with Crippen LogP contribution in [0.5, 0.6) is 0 Å². The molecule has 3 atom stereocenters. The van der Waals surface area contributed by atoms with Gasteiger partial charge in [-0.05, 0) is 99.3 Å². The standard InChI is InChI=1S/C33H60O4Si2/c1-9-39(10-2,11-3)37-31-26-24-27(29(31)21-17-12-13-18-22-32(34)35)23-25-30(28-19-15-14-16-20-28)36-38(7,8)33(4,5)6/h12,18,24,28-31H,9-11,14-17,19-23,25-26H2,1-8H3,(H,34,35)/t13?,29-,30+,31+/m1/s1. The van der Waals surface area contributed by atoms with Gasteiger partial charge in [-0.15, -0.1) is 5.73 Å².